The molecular formula is C15H13Cl3F2N2O2S. The van der Waals surface area contributed by atoms with Crippen molar-refractivity contribution in [2.75, 3.05) is 6.61 Å². The minimum absolute atomic E-state index is 0.0784. The topological polar surface area (TPSA) is 36.3 Å². The Kier molecular flexibility index (Phi) is 6.85. The summed E-state index contributed by atoms with van der Waals surface area (Å²) < 4.78 is 35.8. The van der Waals surface area contributed by atoms with Crippen LogP contribution in [-0.2, 0) is 18.2 Å². The largest absolute Gasteiger partial charge is 0.487 e. The average Bonchev–Trinajstić information content (AvgIpc) is 2.78. The van der Waals surface area contributed by atoms with Gasteiger partial charge in [-0.3, -0.25) is 0 Å². The Balaban J connectivity index is 2.47. The van der Waals surface area contributed by atoms with Crippen molar-refractivity contribution in [1.29, 1.82) is 0 Å². The lowest BCUT2D eigenvalue weighted by molar-refractivity contribution is -0.0552. The van der Waals surface area contributed by atoms with Gasteiger partial charge >= 0.3 is 6.61 Å². The van der Waals surface area contributed by atoms with Gasteiger partial charge in [0.05, 0.1) is 11.6 Å². The van der Waals surface area contributed by atoms with Crippen LogP contribution in [0.1, 0.15) is 12.5 Å². The Morgan fingerprint density at radius 1 is 1.28 bits per heavy atom. The quantitative estimate of drug-likeness (QED) is 0.564. The van der Waals surface area contributed by atoms with Crippen LogP contribution in [-0.4, -0.2) is 28.0 Å². The molecule has 0 amide bonds. The normalized spacial score (nSPS) is 11.0. The number of nitrogens with zero attached hydrogens (tertiary/aromatic N) is 2. The van der Waals surface area contributed by atoms with E-state index in [0.717, 1.165) is 4.68 Å². The highest BCUT2D eigenvalue weighted by Gasteiger charge is 2.23. The summed E-state index contributed by atoms with van der Waals surface area (Å²) in [5, 5.41) is 5.06. The third-order valence-electron chi connectivity index (χ3n) is 3.17. The number of benzene rings is 1. The van der Waals surface area contributed by atoms with Gasteiger partial charge in [0.25, 0.3) is 0 Å². The second-order valence-corrected chi connectivity index (χ2v) is 6.52. The lowest BCUT2D eigenvalue weighted by Crippen LogP contribution is -2.06. The molecule has 2 rings (SSSR count). The van der Waals surface area contributed by atoms with Crippen LogP contribution in [0.25, 0.3) is 11.3 Å². The SMILES string of the molecule is CCOC(=S)Cc1cc(-c2nn(C)c(OC(F)F)c2Cl)c(Cl)cc1Cl. The van der Waals surface area contributed by atoms with E-state index in [-0.39, 0.29) is 28.0 Å². The summed E-state index contributed by atoms with van der Waals surface area (Å²) in [6, 6.07) is 3.16. The van der Waals surface area contributed by atoms with Gasteiger partial charge in [0.1, 0.15) is 10.7 Å². The fourth-order valence-corrected chi connectivity index (χ4v) is 3.26. The van der Waals surface area contributed by atoms with Crippen LogP contribution in [0, 0.1) is 0 Å². The summed E-state index contributed by atoms with van der Waals surface area (Å²) in [6.45, 7) is -0.767. The van der Waals surface area contributed by atoms with Crippen molar-refractivity contribution in [1.82, 2.24) is 9.78 Å². The Hall–Kier alpha value is -1.15. The Labute approximate surface area is 163 Å². The first-order valence-corrected chi connectivity index (χ1v) is 8.60. The van der Waals surface area contributed by atoms with Crippen molar-refractivity contribution in [3.8, 4) is 17.1 Å². The maximum atomic E-state index is 12.5. The van der Waals surface area contributed by atoms with E-state index in [1.807, 2.05) is 6.92 Å². The third kappa shape index (κ3) is 4.73. The molecule has 10 heteroatoms. The summed E-state index contributed by atoms with van der Waals surface area (Å²) >= 11 is 23.7. The van der Waals surface area contributed by atoms with Gasteiger partial charge < -0.3 is 9.47 Å². The Morgan fingerprint density at radius 2 is 1.96 bits per heavy atom. The van der Waals surface area contributed by atoms with Crippen LogP contribution in [0.3, 0.4) is 0 Å². The Bertz CT molecular complexity index is 800. The molecule has 4 nitrogen and oxygen atoms in total. The van der Waals surface area contributed by atoms with E-state index in [1.54, 1.807) is 6.07 Å². The molecule has 0 saturated carbocycles. The minimum atomic E-state index is -3.03. The number of alkyl halides is 2. The van der Waals surface area contributed by atoms with Crippen LogP contribution in [0.4, 0.5) is 8.78 Å². The second-order valence-electron chi connectivity index (χ2n) is 4.88. The molecule has 0 saturated heterocycles. The van der Waals surface area contributed by atoms with Crippen LogP contribution >= 0.6 is 47.0 Å². The summed E-state index contributed by atoms with van der Waals surface area (Å²) in [5.74, 6) is -0.260. The van der Waals surface area contributed by atoms with Crippen LogP contribution < -0.4 is 4.74 Å². The molecule has 0 atom stereocenters. The fraction of sp³-hybridized carbons (Fsp3) is 0.333. The van der Waals surface area contributed by atoms with Crippen molar-refractivity contribution in [2.24, 2.45) is 7.05 Å². The van der Waals surface area contributed by atoms with E-state index in [1.165, 1.54) is 13.1 Å². The number of aromatic nitrogens is 2. The van der Waals surface area contributed by atoms with E-state index in [9.17, 15) is 8.78 Å². The molecule has 0 fully saturated rings. The monoisotopic (exact) mass is 428 g/mol. The molecule has 2 aromatic rings. The molecule has 0 aliphatic carbocycles. The zero-order valence-electron chi connectivity index (χ0n) is 13.2. The molecule has 25 heavy (non-hydrogen) atoms. The van der Waals surface area contributed by atoms with Gasteiger partial charge in [0.15, 0.2) is 5.05 Å². The number of aryl methyl sites for hydroxylation is 1. The van der Waals surface area contributed by atoms with Crippen LogP contribution in [0.15, 0.2) is 12.1 Å². The van der Waals surface area contributed by atoms with Crippen molar-refractivity contribution in [2.45, 2.75) is 20.0 Å². The molecular weight excluding hydrogens is 417 g/mol. The highest BCUT2D eigenvalue weighted by atomic mass is 35.5. The summed E-state index contributed by atoms with van der Waals surface area (Å²) in [5.41, 5.74) is 1.27. The van der Waals surface area contributed by atoms with Gasteiger partial charge in [-0.2, -0.15) is 13.9 Å². The fourth-order valence-electron chi connectivity index (χ4n) is 2.15. The van der Waals surface area contributed by atoms with Gasteiger partial charge in [-0.25, -0.2) is 4.68 Å². The second kappa shape index (κ2) is 8.49. The van der Waals surface area contributed by atoms with E-state index < -0.39 is 6.61 Å². The number of rotatable bonds is 6. The average molecular weight is 430 g/mol. The number of hydrogen-bond donors (Lipinski definition) is 0. The third-order valence-corrected chi connectivity index (χ3v) is 4.44. The van der Waals surface area contributed by atoms with Crippen molar-refractivity contribution >= 4 is 52.1 Å². The summed E-state index contributed by atoms with van der Waals surface area (Å²) in [4.78, 5) is 0. The number of ether oxygens (including phenoxy) is 2. The van der Waals surface area contributed by atoms with E-state index in [4.69, 9.17) is 51.8 Å². The summed E-state index contributed by atoms with van der Waals surface area (Å²) in [7, 11) is 1.43. The smallest absolute Gasteiger partial charge is 0.388 e. The van der Waals surface area contributed by atoms with E-state index >= 15 is 0 Å². The van der Waals surface area contributed by atoms with E-state index in [2.05, 4.69) is 9.84 Å². The van der Waals surface area contributed by atoms with Crippen molar-refractivity contribution < 1.29 is 18.3 Å². The molecule has 0 aliphatic heterocycles. The molecule has 1 heterocycles. The standard InChI is InChI=1S/C15H13Cl3F2N2O2S/c1-3-23-11(25)5-7-4-8(10(17)6-9(7)16)13-12(18)14(22(2)21-13)24-15(19)20/h4,6,15H,3,5H2,1-2H3. The highest BCUT2D eigenvalue weighted by Crippen LogP contribution is 2.40. The summed E-state index contributed by atoms with van der Waals surface area (Å²) in [6.07, 6.45) is 0.289. The number of thiocarbonyl (C=S) groups is 1. The highest BCUT2D eigenvalue weighted by molar-refractivity contribution is 7.80. The van der Waals surface area contributed by atoms with Crippen LogP contribution in [0.2, 0.25) is 15.1 Å². The molecule has 0 unspecified atom stereocenters. The van der Waals surface area contributed by atoms with Crippen molar-refractivity contribution in [3.63, 3.8) is 0 Å². The molecule has 0 bridgehead atoms. The predicted octanol–water partition coefficient (Wildman–Crippen LogP) is 5.56. The predicted molar refractivity (Wildman–Crippen MR) is 98.2 cm³/mol. The van der Waals surface area contributed by atoms with Gasteiger partial charge in [-0.15, -0.1) is 0 Å². The maximum Gasteiger partial charge on any atom is 0.388 e. The molecule has 0 N–H and O–H groups in total. The molecule has 0 spiro atoms. The molecule has 1 aromatic heterocycles. The lowest BCUT2D eigenvalue weighted by Gasteiger charge is -2.10. The van der Waals surface area contributed by atoms with Gasteiger partial charge in [-0.05, 0) is 36.8 Å². The first-order chi connectivity index (χ1) is 11.7. The Morgan fingerprint density at radius 3 is 2.56 bits per heavy atom. The zero-order chi connectivity index (χ0) is 18.7. The van der Waals surface area contributed by atoms with Gasteiger partial charge in [0.2, 0.25) is 5.88 Å². The molecule has 1 aromatic carbocycles. The molecule has 136 valence electrons. The first kappa shape index (κ1) is 20.2. The zero-order valence-corrected chi connectivity index (χ0v) is 16.2. The first-order valence-electron chi connectivity index (χ1n) is 7.05. The van der Waals surface area contributed by atoms with Gasteiger partial charge in [-0.1, -0.05) is 34.8 Å². The lowest BCUT2D eigenvalue weighted by atomic mass is 10.1. The molecule has 0 radical (unpaired) electrons. The molecule has 0 aliphatic rings. The van der Waals surface area contributed by atoms with Crippen LogP contribution in [0.5, 0.6) is 5.88 Å². The number of halogens is 5. The minimum Gasteiger partial charge on any atom is -0.487 e. The van der Waals surface area contributed by atoms with Crippen molar-refractivity contribution in [3.05, 3.63) is 32.8 Å². The van der Waals surface area contributed by atoms with Gasteiger partial charge in [0, 0.05) is 24.1 Å². The maximum absolute atomic E-state index is 12.5. The van der Waals surface area contributed by atoms with E-state index in [0.29, 0.717) is 27.8 Å². The number of hydrogen-bond acceptors (Lipinski definition) is 4.